The van der Waals surface area contributed by atoms with Crippen molar-refractivity contribution < 1.29 is 23.9 Å². The van der Waals surface area contributed by atoms with Crippen LogP contribution in [0.4, 0.5) is 5.69 Å². The Bertz CT molecular complexity index is 969. The standard InChI is InChI=1S/C21H26N4O5S/c1-4-25-18(13-7-5-6-8-13)23-24-21(25)31-12-17(26)22-16-11-14(19(27)29-2)9-10-15(16)20(28)30-3/h9-11,13H,4-8,12H2,1-3H3,(H,22,26). The number of esters is 2. The molecule has 1 aliphatic rings. The molecule has 31 heavy (non-hydrogen) atoms. The van der Waals surface area contributed by atoms with E-state index in [0.717, 1.165) is 25.2 Å². The van der Waals surface area contributed by atoms with E-state index in [1.165, 1.54) is 57.0 Å². The lowest BCUT2D eigenvalue weighted by Gasteiger charge is -2.12. The third kappa shape index (κ3) is 5.25. The van der Waals surface area contributed by atoms with Crippen molar-refractivity contribution in [3.63, 3.8) is 0 Å². The van der Waals surface area contributed by atoms with Crippen molar-refractivity contribution in [2.24, 2.45) is 0 Å². The number of hydrogen-bond acceptors (Lipinski definition) is 8. The zero-order valence-corrected chi connectivity index (χ0v) is 18.7. The third-order valence-corrected chi connectivity index (χ3v) is 6.20. The van der Waals surface area contributed by atoms with Crippen LogP contribution in [0.1, 0.15) is 65.1 Å². The zero-order valence-electron chi connectivity index (χ0n) is 17.8. The Hall–Kier alpha value is -2.88. The summed E-state index contributed by atoms with van der Waals surface area (Å²) >= 11 is 1.28. The van der Waals surface area contributed by atoms with Crippen molar-refractivity contribution in [3.8, 4) is 0 Å². The highest BCUT2D eigenvalue weighted by Gasteiger charge is 2.24. The van der Waals surface area contributed by atoms with Crippen LogP contribution < -0.4 is 5.32 Å². The Morgan fingerprint density at radius 3 is 2.48 bits per heavy atom. The minimum absolute atomic E-state index is 0.0753. The van der Waals surface area contributed by atoms with Crippen LogP contribution in [0.2, 0.25) is 0 Å². The van der Waals surface area contributed by atoms with Gasteiger partial charge >= 0.3 is 11.9 Å². The van der Waals surface area contributed by atoms with Crippen LogP contribution in [0.3, 0.4) is 0 Å². The molecule has 1 aliphatic carbocycles. The Balaban J connectivity index is 1.72. The summed E-state index contributed by atoms with van der Waals surface area (Å²) in [6.45, 7) is 2.77. The van der Waals surface area contributed by atoms with Crippen molar-refractivity contribution >= 4 is 35.3 Å². The minimum atomic E-state index is -0.619. The van der Waals surface area contributed by atoms with Gasteiger partial charge in [0, 0.05) is 12.5 Å². The van der Waals surface area contributed by atoms with Gasteiger partial charge in [-0.1, -0.05) is 24.6 Å². The summed E-state index contributed by atoms with van der Waals surface area (Å²) in [5.74, 6) is -0.0411. The highest BCUT2D eigenvalue weighted by molar-refractivity contribution is 7.99. The van der Waals surface area contributed by atoms with Gasteiger partial charge in [0.15, 0.2) is 5.16 Å². The Kier molecular flexibility index (Phi) is 7.67. The number of benzene rings is 1. The van der Waals surface area contributed by atoms with Crippen LogP contribution in [0.25, 0.3) is 0 Å². The Morgan fingerprint density at radius 1 is 1.13 bits per heavy atom. The lowest BCUT2D eigenvalue weighted by molar-refractivity contribution is -0.113. The Morgan fingerprint density at radius 2 is 1.84 bits per heavy atom. The summed E-state index contributed by atoms with van der Waals surface area (Å²) in [7, 11) is 2.51. The van der Waals surface area contributed by atoms with Crippen LogP contribution in [0, 0.1) is 0 Å². The van der Waals surface area contributed by atoms with Crippen molar-refractivity contribution in [2.75, 3.05) is 25.3 Å². The van der Waals surface area contributed by atoms with Crippen molar-refractivity contribution in [1.82, 2.24) is 14.8 Å². The van der Waals surface area contributed by atoms with Gasteiger partial charge < -0.3 is 19.4 Å². The smallest absolute Gasteiger partial charge is 0.339 e. The molecule has 0 aliphatic heterocycles. The predicted molar refractivity (Wildman–Crippen MR) is 115 cm³/mol. The maximum Gasteiger partial charge on any atom is 0.339 e. The van der Waals surface area contributed by atoms with E-state index >= 15 is 0 Å². The van der Waals surface area contributed by atoms with Gasteiger partial charge in [-0.15, -0.1) is 10.2 Å². The van der Waals surface area contributed by atoms with E-state index in [9.17, 15) is 14.4 Å². The molecule has 166 valence electrons. The molecule has 0 saturated heterocycles. The van der Waals surface area contributed by atoms with Gasteiger partial charge in [-0.25, -0.2) is 9.59 Å². The molecule has 10 heteroatoms. The number of ether oxygens (including phenoxy) is 2. The van der Waals surface area contributed by atoms with E-state index in [0.29, 0.717) is 11.1 Å². The number of carbonyl (C=O) groups is 3. The average Bonchev–Trinajstić information content (AvgIpc) is 3.45. The number of carbonyl (C=O) groups excluding carboxylic acids is 3. The average molecular weight is 447 g/mol. The van der Waals surface area contributed by atoms with Crippen LogP contribution in [-0.2, 0) is 20.8 Å². The number of amides is 1. The second-order valence-electron chi connectivity index (χ2n) is 7.15. The molecule has 9 nitrogen and oxygen atoms in total. The summed E-state index contributed by atoms with van der Waals surface area (Å²) < 4.78 is 11.5. The minimum Gasteiger partial charge on any atom is -0.465 e. The number of hydrogen-bond donors (Lipinski definition) is 1. The monoisotopic (exact) mass is 446 g/mol. The highest BCUT2D eigenvalue weighted by atomic mass is 32.2. The molecule has 3 rings (SSSR count). The van der Waals surface area contributed by atoms with Crippen LogP contribution in [0.15, 0.2) is 23.4 Å². The molecule has 0 spiro atoms. The molecule has 0 radical (unpaired) electrons. The highest BCUT2D eigenvalue weighted by Crippen LogP contribution is 2.34. The topological polar surface area (TPSA) is 112 Å². The second-order valence-corrected chi connectivity index (χ2v) is 8.09. The zero-order chi connectivity index (χ0) is 22.4. The summed E-state index contributed by atoms with van der Waals surface area (Å²) in [6.07, 6.45) is 4.66. The van der Waals surface area contributed by atoms with Gasteiger partial charge in [0.1, 0.15) is 5.82 Å². The number of rotatable bonds is 8. The fourth-order valence-electron chi connectivity index (χ4n) is 3.69. The van der Waals surface area contributed by atoms with Crippen molar-refractivity contribution in [1.29, 1.82) is 0 Å². The molecule has 1 fully saturated rings. The molecule has 1 saturated carbocycles. The number of nitrogens with one attached hydrogen (secondary N) is 1. The molecule has 2 aromatic rings. The van der Waals surface area contributed by atoms with E-state index in [1.807, 2.05) is 6.92 Å². The van der Waals surface area contributed by atoms with Crippen LogP contribution in [-0.4, -0.2) is 52.6 Å². The van der Waals surface area contributed by atoms with Gasteiger partial charge in [0.2, 0.25) is 5.91 Å². The number of nitrogens with zero attached hydrogens (tertiary/aromatic N) is 3. The molecule has 1 aromatic heterocycles. The van der Waals surface area contributed by atoms with Crippen LogP contribution >= 0.6 is 11.8 Å². The van der Waals surface area contributed by atoms with Gasteiger partial charge in [-0.2, -0.15) is 0 Å². The molecule has 1 aromatic carbocycles. The molecule has 0 bridgehead atoms. The first-order chi connectivity index (χ1) is 15.0. The molecule has 0 atom stereocenters. The molecule has 1 N–H and O–H groups in total. The third-order valence-electron chi connectivity index (χ3n) is 5.23. The second kappa shape index (κ2) is 10.4. The summed E-state index contributed by atoms with van der Waals surface area (Å²) in [5, 5.41) is 12.0. The maximum absolute atomic E-state index is 12.6. The Labute approximate surface area is 184 Å². The number of aromatic nitrogens is 3. The SMILES string of the molecule is CCn1c(SCC(=O)Nc2cc(C(=O)OC)ccc2C(=O)OC)nnc1C1CCCC1. The lowest BCUT2D eigenvalue weighted by atomic mass is 10.1. The summed E-state index contributed by atoms with van der Waals surface area (Å²) in [4.78, 5) is 36.5. The molecular weight excluding hydrogens is 420 g/mol. The molecule has 1 amide bonds. The van der Waals surface area contributed by atoms with E-state index in [-0.39, 0.29) is 28.5 Å². The van der Waals surface area contributed by atoms with E-state index in [1.54, 1.807) is 0 Å². The number of anilines is 1. The lowest BCUT2D eigenvalue weighted by Crippen LogP contribution is -2.18. The largest absolute Gasteiger partial charge is 0.465 e. The van der Waals surface area contributed by atoms with E-state index in [4.69, 9.17) is 9.47 Å². The van der Waals surface area contributed by atoms with Crippen molar-refractivity contribution in [3.05, 3.63) is 35.2 Å². The van der Waals surface area contributed by atoms with Gasteiger partial charge in [0.25, 0.3) is 0 Å². The van der Waals surface area contributed by atoms with Gasteiger partial charge in [0.05, 0.1) is 36.8 Å². The first-order valence-corrected chi connectivity index (χ1v) is 11.1. The molecule has 1 heterocycles. The number of methoxy groups -OCH3 is 2. The first kappa shape index (κ1) is 22.8. The molecular formula is C21H26N4O5S. The summed E-state index contributed by atoms with van der Waals surface area (Å²) in [5.41, 5.74) is 0.544. The normalized spacial score (nSPS) is 13.8. The van der Waals surface area contributed by atoms with Gasteiger partial charge in [-0.05, 0) is 38.0 Å². The maximum atomic E-state index is 12.6. The van der Waals surface area contributed by atoms with Gasteiger partial charge in [-0.3, -0.25) is 4.79 Å². The molecule has 0 unspecified atom stereocenters. The summed E-state index contributed by atoms with van der Waals surface area (Å²) in [6, 6.07) is 4.26. The van der Waals surface area contributed by atoms with Crippen LogP contribution in [0.5, 0.6) is 0 Å². The fraction of sp³-hybridized carbons (Fsp3) is 0.476. The fourth-order valence-corrected chi connectivity index (χ4v) is 4.50. The van der Waals surface area contributed by atoms with E-state index in [2.05, 4.69) is 20.1 Å². The number of thioether (sulfide) groups is 1. The quantitative estimate of drug-likeness (QED) is 0.486. The van der Waals surface area contributed by atoms with Crippen molar-refractivity contribution in [2.45, 2.75) is 50.2 Å². The predicted octanol–water partition coefficient (Wildman–Crippen LogP) is 3.26. The first-order valence-electron chi connectivity index (χ1n) is 10.1. The van der Waals surface area contributed by atoms with E-state index < -0.39 is 11.9 Å².